The lowest BCUT2D eigenvalue weighted by Crippen LogP contribution is -2.10. The van der Waals surface area contributed by atoms with Crippen LogP contribution in [-0.2, 0) is 0 Å². The summed E-state index contributed by atoms with van der Waals surface area (Å²) >= 11 is 0. The van der Waals surface area contributed by atoms with E-state index >= 15 is 0 Å². The van der Waals surface area contributed by atoms with Gasteiger partial charge in [-0.05, 0) is 161 Å². The number of aliphatic imine (C=N–C) groups is 1. The highest BCUT2D eigenvalue weighted by Gasteiger charge is 2.19. The Labute approximate surface area is 506 Å². The average molecular weight is 1120 g/mol. The first-order valence-electron chi connectivity index (χ1n) is 29.4. The zero-order chi connectivity index (χ0) is 58.2. The molecule has 0 bridgehead atoms. The number of anilines is 7. The predicted molar refractivity (Wildman–Crippen MR) is 368 cm³/mol. The molecule has 0 saturated heterocycles. The van der Waals surface area contributed by atoms with Crippen molar-refractivity contribution in [2.75, 3.05) is 15.5 Å². The summed E-state index contributed by atoms with van der Waals surface area (Å²) in [5.41, 5.74) is 29.1. The molecule has 13 aromatic carbocycles. The van der Waals surface area contributed by atoms with Crippen molar-refractivity contribution in [3.8, 4) is 33.6 Å². The number of rotatable bonds is 14. The van der Waals surface area contributed by atoms with Gasteiger partial charge < -0.3 is 24.7 Å². The molecule has 0 saturated carbocycles. The highest BCUT2D eigenvalue weighted by Crippen LogP contribution is 2.41. The molecule has 87 heavy (non-hydrogen) atoms. The third-order valence-corrected chi connectivity index (χ3v) is 16.7. The Kier molecular flexibility index (Phi) is 13.4. The highest BCUT2D eigenvalue weighted by atomic mass is 15.1. The Bertz CT molecular complexity index is 4900. The zero-order valence-electron chi connectivity index (χ0n) is 47.7. The molecule has 15 aromatic rings. The molecule has 0 fully saturated rings. The van der Waals surface area contributed by atoms with Gasteiger partial charge in [-0.15, -0.1) is 0 Å². The van der Waals surface area contributed by atoms with E-state index in [0.29, 0.717) is 11.4 Å². The normalized spacial score (nSPS) is 11.6. The number of allylic oxidation sites excluding steroid dienone is 1. The minimum atomic E-state index is 0.601. The van der Waals surface area contributed by atoms with E-state index in [1.807, 2.05) is 24.3 Å². The summed E-state index contributed by atoms with van der Waals surface area (Å²) in [6.45, 7) is 4.68. The van der Waals surface area contributed by atoms with Crippen molar-refractivity contribution in [1.29, 1.82) is 0 Å². The van der Waals surface area contributed by atoms with E-state index in [4.69, 9.17) is 10.7 Å². The Morgan fingerprint density at radius 1 is 0.287 bits per heavy atom. The van der Waals surface area contributed by atoms with Crippen molar-refractivity contribution >= 4 is 100 Å². The maximum absolute atomic E-state index is 6.55. The molecule has 0 radical (unpaired) electrons. The van der Waals surface area contributed by atoms with Gasteiger partial charge in [0.05, 0.1) is 39.2 Å². The van der Waals surface area contributed by atoms with Crippen molar-refractivity contribution in [3.05, 3.63) is 345 Å². The number of nitrogens with two attached hydrogens (primary N) is 1. The van der Waals surface area contributed by atoms with Gasteiger partial charge in [0, 0.05) is 78.2 Å². The highest BCUT2D eigenvalue weighted by molar-refractivity contribution is 6.32. The van der Waals surface area contributed by atoms with E-state index in [2.05, 4.69) is 329 Å². The van der Waals surface area contributed by atoms with Crippen LogP contribution in [0.2, 0.25) is 0 Å². The Balaban J connectivity index is 0.684. The third kappa shape index (κ3) is 9.77. The molecule has 2 N–H and O–H groups in total. The van der Waals surface area contributed by atoms with Crippen molar-refractivity contribution < 1.29 is 0 Å². The first-order chi connectivity index (χ1) is 43.0. The fraction of sp³-hybridized carbons (Fsp3) is 0. The quantitative estimate of drug-likeness (QED) is 0.0872. The van der Waals surface area contributed by atoms with Gasteiger partial charge in [0.25, 0.3) is 0 Å². The van der Waals surface area contributed by atoms with E-state index in [0.717, 1.165) is 90.2 Å². The summed E-state index contributed by atoms with van der Waals surface area (Å²) in [6.07, 6.45) is 0. The first kappa shape index (κ1) is 52.1. The van der Waals surface area contributed by atoms with E-state index in [9.17, 15) is 0 Å². The van der Waals surface area contributed by atoms with Gasteiger partial charge in [0.1, 0.15) is 0 Å². The predicted octanol–water partition coefficient (Wildman–Crippen LogP) is 21.6. The third-order valence-electron chi connectivity index (χ3n) is 16.7. The van der Waals surface area contributed by atoms with E-state index in [-0.39, 0.29) is 0 Å². The number of para-hydroxylation sites is 8. The van der Waals surface area contributed by atoms with Crippen molar-refractivity contribution in [1.82, 2.24) is 9.13 Å². The molecule has 6 heteroatoms. The average Bonchev–Trinajstić information content (AvgIpc) is 1.88. The topological polar surface area (TPSA) is 54.7 Å². The maximum atomic E-state index is 6.55. The Morgan fingerprint density at radius 3 is 0.943 bits per heavy atom. The van der Waals surface area contributed by atoms with Gasteiger partial charge >= 0.3 is 0 Å². The van der Waals surface area contributed by atoms with Gasteiger partial charge in [0.15, 0.2) is 0 Å². The molecule has 0 spiro atoms. The summed E-state index contributed by atoms with van der Waals surface area (Å²) in [5.74, 6) is 0. The number of nitrogens with zero attached hydrogens (tertiary/aromatic N) is 5. The van der Waals surface area contributed by atoms with Crippen molar-refractivity contribution in [2.24, 2.45) is 4.99 Å². The molecular formula is C81H58N6. The maximum Gasteiger partial charge on any atom is 0.0866 e. The minimum absolute atomic E-state index is 0.601. The molecule has 0 aliphatic heterocycles. The number of benzene rings is 13. The van der Waals surface area contributed by atoms with Gasteiger partial charge in [-0.2, -0.15) is 0 Å². The number of hydrogen-bond acceptors (Lipinski definition) is 4. The Hall–Kier alpha value is -11.7. The molecule has 2 heterocycles. The van der Waals surface area contributed by atoms with Crippen LogP contribution in [0.4, 0.5) is 45.5 Å². The van der Waals surface area contributed by atoms with Crippen LogP contribution in [-0.4, -0.2) is 14.8 Å². The van der Waals surface area contributed by atoms with Crippen LogP contribution >= 0.6 is 0 Å². The molecule has 15 rings (SSSR count). The second-order valence-electron chi connectivity index (χ2n) is 21.9. The minimum Gasteiger partial charge on any atom is -0.397 e. The lowest BCUT2D eigenvalue weighted by Gasteiger charge is -2.26. The molecule has 0 unspecified atom stereocenters. The monoisotopic (exact) mass is 1110 g/mol. The van der Waals surface area contributed by atoms with Crippen LogP contribution in [0, 0.1) is 0 Å². The van der Waals surface area contributed by atoms with E-state index in [1.165, 1.54) is 43.6 Å². The van der Waals surface area contributed by atoms with Crippen LogP contribution in [0.1, 0.15) is 11.1 Å². The molecule has 6 nitrogen and oxygen atoms in total. The largest absolute Gasteiger partial charge is 0.397 e. The molecule has 2 aromatic heterocycles. The van der Waals surface area contributed by atoms with Crippen molar-refractivity contribution in [3.63, 3.8) is 0 Å². The number of fused-ring (bicyclic) bond motifs is 6. The summed E-state index contributed by atoms with van der Waals surface area (Å²) in [5, 5.41) is 4.99. The summed E-state index contributed by atoms with van der Waals surface area (Å²) in [6, 6.07) is 116. The molecule has 0 aliphatic rings. The summed E-state index contributed by atoms with van der Waals surface area (Å²) in [7, 11) is 0. The van der Waals surface area contributed by atoms with Gasteiger partial charge in [-0.1, -0.05) is 201 Å². The first-order valence-corrected chi connectivity index (χ1v) is 29.4. The van der Waals surface area contributed by atoms with Gasteiger partial charge in [-0.25, -0.2) is 4.99 Å². The standard InChI is InChI=1S/C81H58N6/c1-56(57-32-34-58(35-33-57)60-40-44-65(45-41-60)84(63-18-4-2-5-19-63)67-48-52-69(53-49-67)86-77-28-14-8-22-71(77)72-23-9-15-29-78(72)86)81(83-76-27-13-12-26-75(76)82)62-38-36-59(37-39-62)61-42-46-66(47-43-61)85(64-20-6-3-7-21-64)68-50-54-70(55-51-68)87-79-30-16-10-24-73(79)74-25-11-17-31-80(74)87/h2-55H,1,82H2/b83-81+. The number of nitrogen functional groups attached to an aromatic ring is 1. The van der Waals surface area contributed by atoms with Crippen LogP contribution in [0.15, 0.2) is 339 Å². The van der Waals surface area contributed by atoms with Crippen LogP contribution in [0.3, 0.4) is 0 Å². The zero-order valence-corrected chi connectivity index (χ0v) is 47.7. The second kappa shape index (κ2) is 22.4. The van der Waals surface area contributed by atoms with Crippen LogP contribution in [0.25, 0.3) is 82.8 Å². The molecule has 0 aliphatic carbocycles. The van der Waals surface area contributed by atoms with E-state index < -0.39 is 0 Å². The van der Waals surface area contributed by atoms with Crippen molar-refractivity contribution in [2.45, 2.75) is 0 Å². The Morgan fingerprint density at radius 2 is 0.575 bits per heavy atom. The van der Waals surface area contributed by atoms with E-state index in [1.54, 1.807) is 0 Å². The fourth-order valence-corrected chi connectivity index (χ4v) is 12.4. The molecule has 0 amide bonds. The lowest BCUT2D eigenvalue weighted by atomic mass is 9.94. The SMILES string of the molecule is C=C(/C(=N\c1ccccc1N)c1ccc(-c2ccc(N(c3ccccc3)c3ccc(-n4c5ccccc5c5ccccc54)cc3)cc2)cc1)c1ccc(-c2ccc(N(c3ccccc3)c3ccc(-n4c5ccccc5c5ccccc54)cc3)cc2)cc1. The van der Waals surface area contributed by atoms with Gasteiger partial charge in [0.2, 0.25) is 0 Å². The smallest absolute Gasteiger partial charge is 0.0866 e. The summed E-state index contributed by atoms with van der Waals surface area (Å²) in [4.78, 5) is 9.84. The molecule has 412 valence electrons. The number of aromatic nitrogens is 2. The second-order valence-corrected chi connectivity index (χ2v) is 21.9. The molecule has 0 atom stereocenters. The van der Waals surface area contributed by atoms with Crippen LogP contribution < -0.4 is 15.5 Å². The number of hydrogen-bond donors (Lipinski definition) is 1. The molecular weight excluding hydrogens is 1060 g/mol. The fourth-order valence-electron chi connectivity index (χ4n) is 12.4. The van der Waals surface area contributed by atoms with Crippen LogP contribution in [0.5, 0.6) is 0 Å². The lowest BCUT2D eigenvalue weighted by molar-refractivity contribution is 1.17. The van der Waals surface area contributed by atoms with Gasteiger partial charge in [-0.3, -0.25) is 0 Å². The summed E-state index contributed by atoms with van der Waals surface area (Å²) < 4.78 is 4.71.